The first kappa shape index (κ1) is 20.3. The Hall–Kier alpha value is -2.94. The zero-order chi connectivity index (χ0) is 20.9. The highest BCUT2D eigenvalue weighted by Crippen LogP contribution is 2.40. The van der Waals surface area contributed by atoms with Gasteiger partial charge in [-0.1, -0.05) is 43.3 Å². The van der Waals surface area contributed by atoms with Crippen molar-refractivity contribution in [1.82, 2.24) is 0 Å². The maximum atomic E-state index is 6.01. The first-order valence-corrected chi connectivity index (χ1v) is 11.1. The SMILES string of the molecule is CCc1ccc(C2CCC(c3ccc(OCc4cc(N)ccc4N)cc3)CC2)cc1. The molecule has 156 valence electrons. The van der Waals surface area contributed by atoms with Gasteiger partial charge in [-0.25, -0.2) is 0 Å². The van der Waals surface area contributed by atoms with Gasteiger partial charge in [0.1, 0.15) is 12.4 Å². The Kier molecular flexibility index (Phi) is 6.27. The third-order valence-corrected chi connectivity index (χ3v) is 6.50. The maximum absolute atomic E-state index is 6.01. The quantitative estimate of drug-likeness (QED) is 0.468. The molecule has 0 heterocycles. The predicted molar refractivity (Wildman–Crippen MR) is 126 cm³/mol. The molecule has 0 aromatic heterocycles. The normalized spacial score (nSPS) is 18.8. The fourth-order valence-corrected chi connectivity index (χ4v) is 4.53. The Balaban J connectivity index is 1.31. The molecule has 3 nitrogen and oxygen atoms in total. The van der Waals surface area contributed by atoms with Crippen LogP contribution in [0.1, 0.15) is 66.7 Å². The lowest BCUT2D eigenvalue weighted by Gasteiger charge is -2.29. The third-order valence-electron chi connectivity index (χ3n) is 6.50. The van der Waals surface area contributed by atoms with Crippen LogP contribution in [0.25, 0.3) is 0 Å². The van der Waals surface area contributed by atoms with Gasteiger partial charge in [0.25, 0.3) is 0 Å². The summed E-state index contributed by atoms with van der Waals surface area (Å²) >= 11 is 0. The van der Waals surface area contributed by atoms with Gasteiger partial charge < -0.3 is 16.2 Å². The van der Waals surface area contributed by atoms with Crippen LogP contribution in [0.2, 0.25) is 0 Å². The molecule has 3 heteroatoms. The van der Waals surface area contributed by atoms with Crippen LogP contribution in [0.4, 0.5) is 11.4 Å². The van der Waals surface area contributed by atoms with Crippen molar-refractivity contribution < 1.29 is 4.74 Å². The Morgan fingerprint density at radius 2 is 1.33 bits per heavy atom. The summed E-state index contributed by atoms with van der Waals surface area (Å²) in [7, 11) is 0. The fraction of sp³-hybridized carbons (Fsp3) is 0.333. The fourth-order valence-electron chi connectivity index (χ4n) is 4.53. The monoisotopic (exact) mass is 400 g/mol. The molecule has 0 atom stereocenters. The molecule has 0 amide bonds. The molecule has 30 heavy (non-hydrogen) atoms. The number of benzene rings is 3. The van der Waals surface area contributed by atoms with Crippen LogP contribution in [0.15, 0.2) is 66.7 Å². The smallest absolute Gasteiger partial charge is 0.119 e. The molecule has 0 unspecified atom stereocenters. The number of nitrogen functional groups attached to an aromatic ring is 2. The molecule has 0 aliphatic heterocycles. The summed E-state index contributed by atoms with van der Waals surface area (Å²) in [6.07, 6.45) is 6.15. The highest BCUT2D eigenvalue weighted by atomic mass is 16.5. The van der Waals surface area contributed by atoms with Crippen molar-refractivity contribution in [3.8, 4) is 5.75 Å². The Labute approximate surface area is 180 Å². The van der Waals surface area contributed by atoms with Crippen LogP contribution >= 0.6 is 0 Å². The van der Waals surface area contributed by atoms with Gasteiger partial charge >= 0.3 is 0 Å². The topological polar surface area (TPSA) is 61.3 Å². The minimum absolute atomic E-state index is 0.429. The van der Waals surface area contributed by atoms with E-state index in [-0.39, 0.29) is 0 Å². The molecule has 3 aromatic carbocycles. The maximum Gasteiger partial charge on any atom is 0.119 e. The zero-order valence-electron chi connectivity index (χ0n) is 17.8. The molecule has 0 saturated heterocycles. The lowest BCUT2D eigenvalue weighted by Crippen LogP contribution is -2.12. The first-order valence-electron chi connectivity index (χ1n) is 11.1. The Morgan fingerprint density at radius 3 is 1.90 bits per heavy atom. The molecule has 1 fully saturated rings. The molecule has 3 aromatic rings. The molecular formula is C27H32N2O. The van der Waals surface area contributed by atoms with E-state index in [0.29, 0.717) is 29.8 Å². The van der Waals surface area contributed by atoms with Crippen LogP contribution in [0, 0.1) is 0 Å². The van der Waals surface area contributed by atoms with Gasteiger partial charge in [-0.2, -0.15) is 0 Å². The average molecular weight is 401 g/mol. The second-order valence-electron chi connectivity index (χ2n) is 8.46. The minimum Gasteiger partial charge on any atom is -0.489 e. The molecule has 4 rings (SSSR count). The summed E-state index contributed by atoms with van der Waals surface area (Å²) in [6.45, 7) is 2.64. The first-order chi connectivity index (χ1) is 14.6. The number of hydrogen-bond donors (Lipinski definition) is 2. The number of rotatable bonds is 6. The summed E-state index contributed by atoms with van der Waals surface area (Å²) in [5, 5.41) is 0. The van der Waals surface area contributed by atoms with E-state index in [4.69, 9.17) is 16.2 Å². The van der Waals surface area contributed by atoms with Crippen LogP contribution in [-0.2, 0) is 13.0 Å². The van der Waals surface area contributed by atoms with Crippen molar-refractivity contribution in [3.05, 3.63) is 89.0 Å². The number of anilines is 2. The average Bonchev–Trinajstić information content (AvgIpc) is 2.80. The van der Waals surface area contributed by atoms with Gasteiger partial charge in [0.05, 0.1) is 0 Å². The highest BCUT2D eigenvalue weighted by Gasteiger charge is 2.23. The van der Waals surface area contributed by atoms with Crippen molar-refractivity contribution in [2.45, 2.75) is 57.5 Å². The van der Waals surface area contributed by atoms with Crippen LogP contribution in [-0.4, -0.2) is 0 Å². The zero-order valence-corrected chi connectivity index (χ0v) is 17.8. The van der Waals surface area contributed by atoms with Gasteiger partial charge in [0.15, 0.2) is 0 Å². The van der Waals surface area contributed by atoms with E-state index in [9.17, 15) is 0 Å². The second kappa shape index (κ2) is 9.25. The van der Waals surface area contributed by atoms with E-state index < -0.39 is 0 Å². The number of ether oxygens (including phenoxy) is 1. The van der Waals surface area contributed by atoms with E-state index in [1.54, 1.807) is 0 Å². The minimum atomic E-state index is 0.429. The van der Waals surface area contributed by atoms with Crippen LogP contribution < -0.4 is 16.2 Å². The largest absolute Gasteiger partial charge is 0.489 e. The van der Waals surface area contributed by atoms with E-state index in [1.165, 1.54) is 42.4 Å². The highest BCUT2D eigenvalue weighted by molar-refractivity contribution is 5.55. The summed E-state index contributed by atoms with van der Waals surface area (Å²) < 4.78 is 5.93. The van der Waals surface area contributed by atoms with Crippen molar-refractivity contribution in [2.24, 2.45) is 0 Å². The van der Waals surface area contributed by atoms with Gasteiger partial charge in [-0.3, -0.25) is 0 Å². The number of aryl methyl sites for hydroxylation is 1. The Morgan fingerprint density at radius 1 is 0.767 bits per heavy atom. The standard InChI is InChI=1S/C27H32N2O/c1-2-19-3-5-20(6-4-19)21-7-9-22(10-8-21)23-11-14-26(15-12-23)30-18-24-17-25(28)13-16-27(24)29/h3-6,11-17,21-22H,2,7-10,18,28-29H2,1H3. The van der Waals surface area contributed by atoms with Gasteiger partial charge in [-0.05, 0) is 91.0 Å². The number of nitrogens with two attached hydrogens (primary N) is 2. The summed E-state index contributed by atoms with van der Waals surface area (Å²) in [5.74, 6) is 2.22. The lowest BCUT2D eigenvalue weighted by atomic mass is 9.76. The molecule has 1 aliphatic rings. The van der Waals surface area contributed by atoms with E-state index in [1.807, 2.05) is 18.2 Å². The molecular weight excluding hydrogens is 368 g/mol. The lowest BCUT2D eigenvalue weighted by molar-refractivity contribution is 0.306. The molecule has 0 spiro atoms. The number of hydrogen-bond acceptors (Lipinski definition) is 3. The Bertz CT molecular complexity index is 955. The van der Waals surface area contributed by atoms with E-state index in [2.05, 4.69) is 55.5 Å². The second-order valence-corrected chi connectivity index (χ2v) is 8.46. The molecule has 1 aliphatic carbocycles. The van der Waals surface area contributed by atoms with Crippen molar-refractivity contribution >= 4 is 11.4 Å². The molecule has 1 saturated carbocycles. The van der Waals surface area contributed by atoms with E-state index in [0.717, 1.165) is 17.7 Å². The van der Waals surface area contributed by atoms with E-state index >= 15 is 0 Å². The molecule has 0 radical (unpaired) electrons. The summed E-state index contributed by atoms with van der Waals surface area (Å²) in [4.78, 5) is 0. The molecule has 0 bridgehead atoms. The van der Waals surface area contributed by atoms with Crippen molar-refractivity contribution in [3.63, 3.8) is 0 Å². The van der Waals surface area contributed by atoms with Crippen molar-refractivity contribution in [2.75, 3.05) is 11.5 Å². The van der Waals surface area contributed by atoms with Gasteiger partial charge in [0, 0.05) is 16.9 Å². The third kappa shape index (κ3) is 4.79. The van der Waals surface area contributed by atoms with Crippen LogP contribution in [0.5, 0.6) is 5.75 Å². The summed E-state index contributed by atoms with van der Waals surface area (Å²) in [5.41, 5.74) is 18.5. The van der Waals surface area contributed by atoms with Gasteiger partial charge in [-0.15, -0.1) is 0 Å². The van der Waals surface area contributed by atoms with Crippen molar-refractivity contribution in [1.29, 1.82) is 0 Å². The molecule has 4 N–H and O–H groups in total. The predicted octanol–water partition coefficient (Wildman–Crippen LogP) is 6.43. The summed E-state index contributed by atoms with van der Waals surface area (Å²) in [6, 6.07) is 23.4. The van der Waals surface area contributed by atoms with Crippen LogP contribution in [0.3, 0.4) is 0 Å². The van der Waals surface area contributed by atoms with Gasteiger partial charge in [0.2, 0.25) is 0 Å².